The fourth-order valence-corrected chi connectivity index (χ4v) is 2.36. The van der Waals surface area contributed by atoms with E-state index in [1.54, 1.807) is 0 Å². The van der Waals surface area contributed by atoms with Crippen LogP contribution >= 0.6 is 0 Å². The third-order valence-electron chi connectivity index (χ3n) is 3.36. The van der Waals surface area contributed by atoms with Crippen molar-refractivity contribution in [1.82, 2.24) is 5.32 Å². The molecule has 2 atom stereocenters. The van der Waals surface area contributed by atoms with Crippen LogP contribution in [0.4, 0.5) is 0 Å². The zero-order chi connectivity index (χ0) is 9.26. The molecule has 3 N–H and O–H groups in total. The molecule has 0 heterocycles. The minimum atomic E-state index is -0.134. The molecule has 13 heavy (non-hydrogen) atoms. The van der Waals surface area contributed by atoms with Crippen LogP contribution in [0.1, 0.15) is 32.1 Å². The molecule has 0 saturated heterocycles. The third-order valence-corrected chi connectivity index (χ3v) is 3.36. The molecule has 0 unspecified atom stereocenters. The third kappa shape index (κ3) is 2.22. The average molecular weight is 185 g/mol. The first kappa shape index (κ1) is 9.44. The van der Waals surface area contributed by atoms with E-state index in [1.807, 2.05) is 0 Å². The zero-order valence-electron chi connectivity index (χ0n) is 7.95. The van der Waals surface area contributed by atoms with E-state index in [1.165, 1.54) is 0 Å². The van der Waals surface area contributed by atoms with Crippen LogP contribution in [0.15, 0.2) is 0 Å². The summed E-state index contributed by atoms with van der Waals surface area (Å²) in [6.07, 6.45) is 4.89. The van der Waals surface area contributed by atoms with Gasteiger partial charge in [-0.25, -0.2) is 0 Å². The van der Waals surface area contributed by atoms with E-state index in [-0.39, 0.29) is 12.2 Å². The summed E-state index contributed by atoms with van der Waals surface area (Å²) >= 11 is 0. The van der Waals surface area contributed by atoms with E-state index in [0.717, 1.165) is 38.6 Å². The Kier molecular flexibility index (Phi) is 2.86. The Morgan fingerprint density at radius 2 is 1.92 bits per heavy atom. The average Bonchev–Trinajstić information content (AvgIpc) is 2.43. The summed E-state index contributed by atoms with van der Waals surface area (Å²) in [5, 5.41) is 22.0. The normalized spacial score (nSPS) is 44.8. The molecule has 2 fully saturated rings. The lowest BCUT2D eigenvalue weighted by Gasteiger charge is -2.32. The maximum Gasteiger partial charge on any atom is 0.0693 e. The maximum atomic E-state index is 9.53. The summed E-state index contributed by atoms with van der Waals surface area (Å²) in [6.45, 7) is 0.971. The van der Waals surface area contributed by atoms with Crippen molar-refractivity contribution in [2.75, 3.05) is 6.54 Å². The number of nitrogens with one attached hydrogen (secondary N) is 1. The highest BCUT2D eigenvalue weighted by atomic mass is 16.3. The molecular formula is C10H19NO2. The standard InChI is InChI=1S/C10H19NO2/c12-8-4-7(5-8)6-11-9-2-1-3-10(9)13/h7-13H,1-6H2/t7?,8?,9-,10-/m0/s1. The van der Waals surface area contributed by atoms with Crippen molar-refractivity contribution in [2.24, 2.45) is 5.92 Å². The minimum Gasteiger partial charge on any atom is -0.393 e. The number of hydrogen-bond donors (Lipinski definition) is 3. The van der Waals surface area contributed by atoms with Gasteiger partial charge in [0.1, 0.15) is 0 Å². The monoisotopic (exact) mass is 185 g/mol. The zero-order valence-corrected chi connectivity index (χ0v) is 7.95. The van der Waals surface area contributed by atoms with Gasteiger partial charge in [0.15, 0.2) is 0 Å². The van der Waals surface area contributed by atoms with Crippen molar-refractivity contribution in [3.8, 4) is 0 Å². The molecule has 0 radical (unpaired) electrons. The molecule has 0 bridgehead atoms. The predicted octanol–water partition coefficient (Wildman–Crippen LogP) is 0.260. The second kappa shape index (κ2) is 3.95. The first-order chi connectivity index (χ1) is 6.25. The predicted molar refractivity (Wildman–Crippen MR) is 50.4 cm³/mol. The molecule has 0 spiro atoms. The van der Waals surface area contributed by atoms with Gasteiger partial charge in [-0.1, -0.05) is 0 Å². The summed E-state index contributed by atoms with van der Waals surface area (Å²) in [5.41, 5.74) is 0. The fraction of sp³-hybridized carbons (Fsp3) is 1.00. The molecule has 3 nitrogen and oxygen atoms in total. The molecule has 2 rings (SSSR count). The second-order valence-electron chi connectivity index (χ2n) is 4.50. The van der Waals surface area contributed by atoms with Gasteiger partial charge in [0.25, 0.3) is 0 Å². The Morgan fingerprint density at radius 1 is 1.15 bits per heavy atom. The SMILES string of the molecule is OC1CC(CN[C@H]2CCC[C@@H]2O)C1. The van der Waals surface area contributed by atoms with Gasteiger partial charge in [0, 0.05) is 6.04 Å². The molecule has 2 aliphatic rings. The lowest BCUT2D eigenvalue weighted by atomic mass is 9.82. The molecule has 0 aromatic carbocycles. The van der Waals surface area contributed by atoms with Gasteiger partial charge < -0.3 is 15.5 Å². The van der Waals surface area contributed by atoms with Crippen LogP contribution in [0.2, 0.25) is 0 Å². The molecule has 76 valence electrons. The van der Waals surface area contributed by atoms with E-state index in [4.69, 9.17) is 5.11 Å². The lowest BCUT2D eigenvalue weighted by molar-refractivity contribution is 0.0391. The van der Waals surface area contributed by atoms with Gasteiger partial charge in [-0.15, -0.1) is 0 Å². The van der Waals surface area contributed by atoms with Crippen LogP contribution in [-0.4, -0.2) is 35.0 Å². The van der Waals surface area contributed by atoms with Crippen molar-refractivity contribution >= 4 is 0 Å². The van der Waals surface area contributed by atoms with Crippen LogP contribution in [0.3, 0.4) is 0 Å². The highest BCUT2D eigenvalue weighted by molar-refractivity contribution is 4.86. The van der Waals surface area contributed by atoms with Crippen LogP contribution in [0.5, 0.6) is 0 Å². The van der Waals surface area contributed by atoms with Crippen molar-refractivity contribution in [3.05, 3.63) is 0 Å². The van der Waals surface area contributed by atoms with E-state index >= 15 is 0 Å². The Labute approximate surface area is 79.2 Å². The van der Waals surface area contributed by atoms with Gasteiger partial charge in [-0.3, -0.25) is 0 Å². The Balaban J connectivity index is 1.62. The molecule has 3 heteroatoms. The fourth-order valence-electron chi connectivity index (χ4n) is 2.36. The van der Waals surface area contributed by atoms with Crippen LogP contribution in [0.25, 0.3) is 0 Å². The van der Waals surface area contributed by atoms with Gasteiger partial charge in [0.2, 0.25) is 0 Å². The molecule has 0 amide bonds. The maximum absolute atomic E-state index is 9.53. The van der Waals surface area contributed by atoms with E-state index < -0.39 is 0 Å². The number of hydrogen-bond acceptors (Lipinski definition) is 3. The molecule has 0 aromatic rings. The summed E-state index contributed by atoms with van der Waals surface area (Å²) in [7, 11) is 0. The highest BCUT2D eigenvalue weighted by Gasteiger charge is 2.30. The highest BCUT2D eigenvalue weighted by Crippen LogP contribution is 2.27. The molecule has 2 aliphatic carbocycles. The Morgan fingerprint density at radius 3 is 2.46 bits per heavy atom. The van der Waals surface area contributed by atoms with Gasteiger partial charge in [-0.05, 0) is 44.6 Å². The smallest absolute Gasteiger partial charge is 0.0693 e. The lowest BCUT2D eigenvalue weighted by Crippen LogP contribution is -2.42. The summed E-state index contributed by atoms with van der Waals surface area (Å²) in [4.78, 5) is 0. The first-order valence-electron chi connectivity index (χ1n) is 5.35. The molecule has 2 saturated carbocycles. The summed E-state index contributed by atoms with van der Waals surface area (Å²) in [6, 6.07) is 0.317. The summed E-state index contributed by atoms with van der Waals surface area (Å²) < 4.78 is 0. The molecule has 0 aliphatic heterocycles. The van der Waals surface area contributed by atoms with Crippen LogP contribution in [0, 0.1) is 5.92 Å². The minimum absolute atomic E-state index is 0.0553. The quantitative estimate of drug-likeness (QED) is 0.591. The van der Waals surface area contributed by atoms with Gasteiger partial charge >= 0.3 is 0 Å². The van der Waals surface area contributed by atoms with Crippen LogP contribution < -0.4 is 5.32 Å². The first-order valence-corrected chi connectivity index (χ1v) is 5.35. The summed E-state index contributed by atoms with van der Waals surface area (Å²) in [5.74, 6) is 0.641. The van der Waals surface area contributed by atoms with Crippen molar-refractivity contribution < 1.29 is 10.2 Å². The number of aliphatic hydroxyl groups excluding tert-OH is 2. The van der Waals surface area contributed by atoms with Gasteiger partial charge in [0.05, 0.1) is 12.2 Å². The van der Waals surface area contributed by atoms with E-state index in [0.29, 0.717) is 12.0 Å². The van der Waals surface area contributed by atoms with E-state index in [2.05, 4.69) is 5.32 Å². The van der Waals surface area contributed by atoms with Crippen LogP contribution in [-0.2, 0) is 0 Å². The van der Waals surface area contributed by atoms with E-state index in [9.17, 15) is 5.11 Å². The molecule has 0 aromatic heterocycles. The topological polar surface area (TPSA) is 52.5 Å². The second-order valence-corrected chi connectivity index (χ2v) is 4.50. The largest absolute Gasteiger partial charge is 0.393 e. The van der Waals surface area contributed by atoms with Crippen molar-refractivity contribution in [3.63, 3.8) is 0 Å². The molecular weight excluding hydrogens is 166 g/mol. The van der Waals surface area contributed by atoms with Crippen molar-refractivity contribution in [1.29, 1.82) is 0 Å². The Bertz CT molecular complexity index is 168. The van der Waals surface area contributed by atoms with Gasteiger partial charge in [-0.2, -0.15) is 0 Å². The number of rotatable bonds is 3. The number of aliphatic hydroxyl groups is 2. The van der Waals surface area contributed by atoms with Crippen molar-refractivity contribution in [2.45, 2.75) is 50.4 Å². The Hall–Kier alpha value is -0.120.